The summed E-state index contributed by atoms with van der Waals surface area (Å²) in [5, 5.41) is 7.01. The Balaban J connectivity index is 1.46. The number of hydrogen-bond donors (Lipinski definition) is 1. The summed E-state index contributed by atoms with van der Waals surface area (Å²) < 4.78 is 5.41. The number of amides is 1. The van der Waals surface area contributed by atoms with E-state index in [4.69, 9.17) is 4.52 Å². The van der Waals surface area contributed by atoms with Gasteiger partial charge in [0, 0.05) is 38.3 Å². The van der Waals surface area contributed by atoms with Crippen molar-refractivity contribution in [2.45, 2.75) is 26.8 Å². The number of carbonyl (C=O) groups excluding carboxylic acids is 1. The first-order chi connectivity index (χ1) is 12.6. The van der Waals surface area contributed by atoms with Crippen molar-refractivity contribution in [2.24, 2.45) is 0 Å². The fourth-order valence-electron chi connectivity index (χ4n) is 2.96. The molecule has 1 saturated heterocycles. The molecule has 0 aliphatic carbocycles. The number of nitrogens with one attached hydrogen (secondary N) is 1. The first-order valence-corrected chi connectivity index (χ1v) is 9.25. The molecular weight excluding hydrogens is 330 g/mol. The maximum absolute atomic E-state index is 11.8. The van der Waals surface area contributed by atoms with Crippen LogP contribution >= 0.6 is 0 Å². The maximum Gasteiger partial charge on any atom is 0.241 e. The van der Waals surface area contributed by atoms with Gasteiger partial charge in [-0.15, -0.1) is 0 Å². The lowest BCUT2D eigenvalue weighted by molar-refractivity contribution is -0.122. The number of carbonyl (C=O) groups is 1. The van der Waals surface area contributed by atoms with E-state index >= 15 is 0 Å². The first-order valence-electron chi connectivity index (χ1n) is 9.25. The van der Waals surface area contributed by atoms with Crippen LogP contribution in [0.3, 0.4) is 0 Å². The summed E-state index contributed by atoms with van der Waals surface area (Å²) in [7, 11) is 0. The molecule has 26 heavy (non-hydrogen) atoms. The Morgan fingerprint density at radius 1 is 1.15 bits per heavy atom. The first kappa shape index (κ1) is 18.5. The van der Waals surface area contributed by atoms with Gasteiger partial charge in [-0.25, -0.2) is 0 Å². The summed E-state index contributed by atoms with van der Waals surface area (Å²) in [5.74, 6) is 1.38. The molecule has 0 saturated carbocycles. The number of aromatic nitrogens is 2. The molecule has 0 unspecified atom stereocenters. The SMILES string of the molecule is CCCNC(=O)CN1CCN(Cc2nc(-c3ccc(C)cc3)no2)CC1. The molecule has 7 heteroatoms. The van der Waals surface area contributed by atoms with Gasteiger partial charge in [0.15, 0.2) is 0 Å². The third-order valence-electron chi connectivity index (χ3n) is 4.54. The van der Waals surface area contributed by atoms with Gasteiger partial charge >= 0.3 is 0 Å². The van der Waals surface area contributed by atoms with Gasteiger partial charge in [0.2, 0.25) is 17.6 Å². The standard InChI is InChI=1S/C19H27N5O2/c1-3-8-20-17(25)13-23-9-11-24(12-10-23)14-18-21-19(22-26-18)16-6-4-15(2)5-7-16/h4-7H,3,8-14H2,1-2H3,(H,20,25). The van der Waals surface area contributed by atoms with Crippen LogP contribution in [0.5, 0.6) is 0 Å². The van der Waals surface area contributed by atoms with Crippen LogP contribution in [0.25, 0.3) is 11.4 Å². The zero-order valence-electron chi connectivity index (χ0n) is 15.6. The zero-order valence-corrected chi connectivity index (χ0v) is 15.6. The molecule has 0 bridgehead atoms. The van der Waals surface area contributed by atoms with Gasteiger partial charge in [-0.1, -0.05) is 41.9 Å². The van der Waals surface area contributed by atoms with Crippen molar-refractivity contribution in [3.63, 3.8) is 0 Å². The van der Waals surface area contributed by atoms with E-state index in [0.29, 0.717) is 24.8 Å². The number of piperazine rings is 1. The normalized spacial score (nSPS) is 15.9. The van der Waals surface area contributed by atoms with E-state index in [-0.39, 0.29) is 5.91 Å². The fourth-order valence-corrected chi connectivity index (χ4v) is 2.96. The zero-order chi connectivity index (χ0) is 18.4. The summed E-state index contributed by atoms with van der Waals surface area (Å²) in [6, 6.07) is 8.10. The minimum absolute atomic E-state index is 0.111. The Kier molecular flexibility index (Phi) is 6.35. The average molecular weight is 357 g/mol. The predicted octanol–water partition coefficient (Wildman–Crippen LogP) is 1.69. The fraction of sp³-hybridized carbons (Fsp3) is 0.526. The largest absolute Gasteiger partial charge is 0.355 e. The molecule has 1 N–H and O–H groups in total. The molecule has 140 valence electrons. The number of benzene rings is 1. The van der Waals surface area contributed by atoms with Crippen LogP contribution in [-0.4, -0.2) is 65.1 Å². The van der Waals surface area contributed by atoms with E-state index in [0.717, 1.165) is 44.7 Å². The Labute approximate surface area is 154 Å². The van der Waals surface area contributed by atoms with Crippen LogP contribution in [0.1, 0.15) is 24.8 Å². The average Bonchev–Trinajstić information content (AvgIpc) is 3.11. The highest BCUT2D eigenvalue weighted by Crippen LogP contribution is 2.17. The lowest BCUT2D eigenvalue weighted by atomic mass is 10.1. The molecule has 2 aromatic rings. The maximum atomic E-state index is 11.8. The van der Waals surface area contributed by atoms with E-state index in [9.17, 15) is 4.79 Å². The highest BCUT2D eigenvalue weighted by molar-refractivity contribution is 5.77. The van der Waals surface area contributed by atoms with E-state index in [1.807, 2.05) is 24.3 Å². The van der Waals surface area contributed by atoms with Gasteiger partial charge < -0.3 is 9.84 Å². The second-order valence-corrected chi connectivity index (χ2v) is 6.78. The topological polar surface area (TPSA) is 74.5 Å². The van der Waals surface area contributed by atoms with Crippen molar-refractivity contribution in [1.29, 1.82) is 0 Å². The Hall–Kier alpha value is -2.25. The third kappa shape index (κ3) is 5.12. The molecule has 1 aromatic carbocycles. The monoisotopic (exact) mass is 357 g/mol. The highest BCUT2D eigenvalue weighted by atomic mass is 16.5. The second kappa shape index (κ2) is 8.91. The molecule has 3 rings (SSSR count). The number of hydrogen-bond acceptors (Lipinski definition) is 6. The van der Waals surface area contributed by atoms with Crippen molar-refractivity contribution < 1.29 is 9.32 Å². The van der Waals surface area contributed by atoms with Gasteiger partial charge in [-0.2, -0.15) is 4.98 Å². The summed E-state index contributed by atoms with van der Waals surface area (Å²) in [6.45, 7) is 9.52. The summed E-state index contributed by atoms with van der Waals surface area (Å²) >= 11 is 0. The number of rotatable bonds is 7. The van der Waals surface area contributed by atoms with Crippen molar-refractivity contribution in [3.8, 4) is 11.4 Å². The van der Waals surface area contributed by atoms with Crippen molar-refractivity contribution in [2.75, 3.05) is 39.3 Å². The van der Waals surface area contributed by atoms with Crippen molar-refractivity contribution in [1.82, 2.24) is 25.3 Å². The number of aryl methyl sites for hydroxylation is 1. The summed E-state index contributed by atoms with van der Waals surface area (Å²) in [6.07, 6.45) is 0.967. The van der Waals surface area contributed by atoms with E-state index < -0.39 is 0 Å². The van der Waals surface area contributed by atoms with E-state index in [1.54, 1.807) is 0 Å². The van der Waals surface area contributed by atoms with Crippen LogP contribution in [0.4, 0.5) is 0 Å². The Morgan fingerprint density at radius 3 is 2.54 bits per heavy atom. The quantitative estimate of drug-likeness (QED) is 0.813. The summed E-state index contributed by atoms with van der Waals surface area (Å²) in [4.78, 5) is 20.8. The lowest BCUT2D eigenvalue weighted by Crippen LogP contribution is -2.49. The van der Waals surface area contributed by atoms with E-state index in [2.05, 4.69) is 39.1 Å². The van der Waals surface area contributed by atoms with Crippen LogP contribution in [0.2, 0.25) is 0 Å². The van der Waals surface area contributed by atoms with Crippen LogP contribution in [-0.2, 0) is 11.3 Å². The molecule has 1 aliphatic rings. The van der Waals surface area contributed by atoms with Crippen molar-refractivity contribution in [3.05, 3.63) is 35.7 Å². The summed E-state index contributed by atoms with van der Waals surface area (Å²) in [5.41, 5.74) is 2.17. The van der Waals surface area contributed by atoms with E-state index in [1.165, 1.54) is 5.56 Å². The molecule has 1 fully saturated rings. The molecule has 1 aromatic heterocycles. The van der Waals surface area contributed by atoms with Crippen LogP contribution in [0.15, 0.2) is 28.8 Å². The molecule has 0 atom stereocenters. The van der Waals surface area contributed by atoms with Gasteiger partial charge in [0.25, 0.3) is 0 Å². The van der Waals surface area contributed by atoms with Gasteiger partial charge in [-0.05, 0) is 13.3 Å². The van der Waals surface area contributed by atoms with Gasteiger partial charge in [0.1, 0.15) is 0 Å². The highest BCUT2D eigenvalue weighted by Gasteiger charge is 2.20. The molecule has 2 heterocycles. The third-order valence-corrected chi connectivity index (χ3v) is 4.54. The molecule has 1 amide bonds. The van der Waals surface area contributed by atoms with Crippen LogP contribution < -0.4 is 5.32 Å². The minimum Gasteiger partial charge on any atom is -0.355 e. The molecule has 1 aliphatic heterocycles. The number of nitrogens with zero attached hydrogens (tertiary/aromatic N) is 4. The van der Waals surface area contributed by atoms with Crippen molar-refractivity contribution >= 4 is 5.91 Å². The van der Waals surface area contributed by atoms with Gasteiger partial charge in [-0.3, -0.25) is 14.6 Å². The minimum atomic E-state index is 0.111. The molecular formula is C19H27N5O2. The molecule has 0 radical (unpaired) electrons. The molecule has 7 nitrogen and oxygen atoms in total. The molecule has 0 spiro atoms. The Bertz CT molecular complexity index is 705. The smallest absolute Gasteiger partial charge is 0.241 e. The second-order valence-electron chi connectivity index (χ2n) is 6.78. The predicted molar refractivity (Wildman–Crippen MR) is 99.5 cm³/mol. The van der Waals surface area contributed by atoms with Gasteiger partial charge in [0.05, 0.1) is 13.1 Å². The lowest BCUT2D eigenvalue weighted by Gasteiger charge is -2.33. The van der Waals surface area contributed by atoms with Crippen LogP contribution in [0, 0.1) is 6.92 Å². The Morgan fingerprint density at radius 2 is 1.85 bits per heavy atom.